The molecule has 24 heavy (non-hydrogen) atoms. The van der Waals surface area contributed by atoms with Crippen LogP contribution >= 0.6 is 11.8 Å². The first-order chi connectivity index (χ1) is 11.6. The fourth-order valence-corrected chi connectivity index (χ4v) is 3.02. The van der Waals surface area contributed by atoms with Gasteiger partial charge in [-0.1, -0.05) is 11.8 Å². The van der Waals surface area contributed by atoms with Crippen molar-refractivity contribution in [3.05, 3.63) is 35.3 Å². The third-order valence-corrected chi connectivity index (χ3v) is 4.40. The van der Waals surface area contributed by atoms with Gasteiger partial charge in [0.25, 0.3) is 5.91 Å². The minimum atomic E-state index is -0.227. The summed E-state index contributed by atoms with van der Waals surface area (Å²) in [4.78, 5) is 16.5. The molecule has 0 spiro atoms. The van der Waals surface area contributed by atoms with Gasteiger partial charge in [0.15, 0.2) is 5.76 Å². The quantitative estimate of drug-likeness (QED) is 0.526. The SMILES string of the molecule is COc1ccc2c(C)c(C(=O)NCCSc3n[nH]c(C)n3)oc2c1. The number of furan rings is 1. The molecule has 0 radical (unpaired) electrons. The second kappa shape index (κ2) is 6.96. The molecule has 0 atom stereocenters. The summed E-state index contributed by atoms with van der Waals surface area (Å²) in [5, 5.41) is 11.3. The van der Waals surface area contributed by atoms with Crippen LogP contribution in [0.2, 0.25) is 0 Å². The number of H-pyrrole nitrogens is 1. The summed E-state index contributed by atoms with van der Waals surface area (Å²) in [7, 11) is 1.60. The maximum absolute atomic E-state index is 12.3. The maximum atomic E-state index is 12.3. The third-order valence-electron chi connectivity index (χ3n) is 3.55. The molecule has 8 heteroatoms. The van der Waals surface area contributed by atoms with E-state index in [9.17, 15) is 4.79 Å². The van der Waals surface area contributed by atoms with E-state index in [1.165, 1.54) is 11.8 Å². The van der Waals surface area contributed by atoms with Crippen LogP contribution in [0.3, 0.4) is 0 Å². The molecule has 3 aromatic rings. The number of carbonyl (C=O) groups is 1. The number of carbonyl (C=O) groups excluding carboxylic acids is 1. The molecule has 3 rings (SSSR count). The topological polar surface area (TPSA) is 93.0 Å². The van der Waals surface area contributed by atoms with Crippen molar-refractivity contribution in [3.63, 3.8) is 0 Å². The highest BCUT2D eigenvalue weighted by Gasteiger charge is 2.17. The Morgan fingerprint density at radius 3 is 2.96 bits per heavy atom. The number of hydrogen-bond acceptors (Lipinski definition) is 6. The van der Waals surface area contributed by atoms with E-state index in [2.05, 4.69) is 20.5 Å². The lowest BCUT2D eigenvalue weighted by Gasteiger charge is -2.02. The van der Waals surface area contributed by atoms with Crippen molar-refractivity contribution in [3.8, 4) is 5.75 Å². The van der Waals surface area contributed by atoms with E-state index in [-0.39, 0.29) is 5.91 Å². The molecule has 1 aromatic carbocycles. The Kier molecular flexibility index (Phi) is 4.75. The predicted molar refractivity (Wildman–Crippen MR) is 91.7 cm³/mol. The van der Waals surface area contributed by atoms with Crippen LogP contribution in [0.25, 0.3) is 11.0 Å². The van der Waals surface area contributed by atoms with Gasteiger partial charge in [0.1, 0.15) is 17.2 Å². The van der Waals surface area contributed by atoms with Crippen molar-refractivity contribution in [2.75, 3.05) is 19.4 Å². The Bertz CT molecular complexity index is 871. The molecule has 0 aliphatic rings. The minimum absolute atomic E-state index is 0.227. The summed E-state index contributed by atoms with van der Waals surface area (Å²) in [5.41, 5.74) is 1.46. The van der Waals surface area contributed by atoms with E-state index in [4.69, 9.17) is 9.15 Å². The lowest BCUT2D eigenvalue weighted by atomic mass is 10.1. The van der Waals surface area contributed by atoms with Crippen LogP contribution in [0.5, 0.6) is 5.75 Å². The summed E-state index contributed by atoms with van der Waals surface area (Å²) >= 11 is 1.48. The van der Waals surface area contributed by atoms with E-state index in [0.29, 0.717) is 34.5 Å². The van der Waals surface area contributed by atoms with Crippen LogP contribution in [-0.2, 0) is 0 Å². The van der Waals surface area contributed by atoms with E-state index < -0.39 is 0 Å². The van der Waals surface area contributed by atoms with Crippen molar-refractivity contribution in [1.82, 2.24) is 20.5 Å². The molecule has 0 aliphatic heterocycles. The van der Waals surface area contributed by atoms with Gasteiger partial charge in [-0.25, -0.2) is 4.98 Å². The highest BCUT2D eigenvalue weighted by atomic mass is 32.2. The molecule has 0 bridgehead atoms. The number of fused-ring (bicyclic) bond motifs is 1. The number of hydrogen-bond donors (Lipinski definition) is 2. The Morgan fingerprint density at radius 1 is 1.42 bits per heavy atom. The first-order valence-corrected chi connectivity index (χ1v) is 8.44. The number of ether oxygens (including phenoxy) is 1. The Balaban J connectivity index is 1.62. The van der Waals surface area contributed by atoms with Gasteiger partial charge in [0.2, 0.25) is 5.16 Å². The van der Waals surface area contributed by atoms with E-state index in [0.717, 1.165) is 16.8 Å². The Hall–Kier alpha value is -2.48. The molecular formula is C16H18N4O3S. The van der Waals surface area contributed by atoms with Gasteiger partial charge in [-0.3, -0.25) is 9.89 Å². The van der Waals surface area contributed by atoms with Crippen molar-refractivity contribution >= 4 is 28.6 Å². The largest absolute Gasteiger partial charge is 0.497 e. The lowest BCUT2D eigenvalue weighted by Crippen LogP contribution is -2.25. The Morgan fingerprint density at radius 2 is 2.25 bits per heavy atom. The van der Waals surface area contributed by atoms with Crippen LogP contribution in [0.1, 0.15) is 21.9 Å². The van der Waals surface area contributed by atoms with Gasteiger partial charge in [-0.2, -0.15) is 0 Å². The zero-order chi connectivity index (χ0) is 17.1. The van der Waals surface area contributed by atoms with Crippen molar-refractivity contribution in [1.29, 1.82) is 0 Å². The number of rotatable bonds is 6. The molecule has 0 saturated heterocycles. The summed E-state index contributed by atoms with van der Waals surface area (Å²) in [6, 6.07) is 5.52. The average Bonchev–Trinajstić information content (AvgIpc) is 3.14. The number of methoxy groups -OCH3 is 1. The molecule has 1 amide bonds. The number of amides is 1. The zero-order valence-electron chi connectivity index (χ0n) is 13.7. The normalized spacial score (nSPS) is 11.0. The summed E-state index contributed by atoms with van der Waals surface area (Å²) in [6.07, 6.45) is 0. The second-order valence-electron chi connectivity index (χ2n) is 5.23. The highest BCUT2D eigenvalue weighted by molar-refractivity contribution is 7.99. The number of aryl methyl sites for hydroxylation is 2. The van der Waals surface area contributed by atoms with E-state index >= 15 is 0 Å². The molecule has 2 N–H and O–H groups in total. The zero-order valence-corrected chi connectivity index (χ0v) is 14.5. The van der Waals surface area contributed by atoms with Gasteiger partial charge in [-0.05, 0) is 26.0 Å². The summed E-state index contributed by atoms with van der Waals surface area (Å²) < 4.78 is 10.9. The van der Waals surface area contributed by atoms with E-state index in [1.807, 2.05) is 26.0 Å². The summed E-state index contributed by atoms with van der Waals surface area (Å²) in [5.74, 6) is 2.25. The number of benzene rings is 1. The molecule has 0 fully saturated rings. The van der Waals surface area contributed by atoms with Gasteiger partial charge in [-0.15, -0.1) is 5.10 Å². The number of aromatic amines is 1. The van der Waals surface area contributed by atoms with Crippen molar-refractivity contribution in [2.45, 2.75) is 19.0 Å². The molecule has 126 valence electrons. The number of aromatic nitrogens is 3. The molecule has 0 unspecified atom stereocenters. The number of nitrogens with one attached hydrogen (secondary N) is 2. The van der Waals surface area contributed by atoms with Crippen LogP contribution in [0.15, 0.2) is 27.8 Å². The fourth-order valence-electron chi connectivity index (χ4n) is 2.32. The molecule has 2 aromatic heterocycles. The molecule has 7 nitrogen and oxygen atoms in total. The highest BCUT2D eigenvalue weighted by Crippen LogP contribution is 2.28. The van der Waals surface area contributed by atoms with Crippen LogP contribution < -0.4 is 10.1 Å². The van der Waals surface area contributed by atoms with Gasteiger partial charge in [0.05, 0.1) is 7.11 Å². The maximum Gasteiger partial charge on any atom is 0.287 e. The van der Waals surface area contributed by atoms with Gasteiger partial charge in [0, 0.05) is 29.3 Å². The molecule has 0 aliphatic carbocycles. The number of thioether (sulfide) groups is 1. The monoisotopic (exact) mass is 346 g/mol. The molecule has 0 saturated carbocycles. The van der Waals surface area contributed by atoms with Crippen LogP contribution in [0, 0.1) is 13.8 Å². The van der Waals surface area contributed by atoms with Crippen molar-refractivity contribution in [2.24, 2.45) is 0 Å². The Labute approximate surface area is 143 Å². The van der Waals surface area contributed by atoms with E-state index in [1.54, 1.807) is 13.2 Å². The fraction of sp³-hybridized carbons (Fsp3) is 0.312. The van der Waals surface area contributed by atoms with Gasteiger partial charge < -0.3 is 14.5 Å². The number of nitrogens with zero attached hydrogens (tertiary/aromatic N) is 2. The van der Waals surface area contributed by atoms with Gasteiger partial charge >= 0.3 is 0 Å². The average molecular weight is 346 g/mol. The standard InChI is InChI=1S/C16H18N4O3S/c1-9-12-5-4-11(22-3)8-13(12)23-14(9)15(21)17-6-7-24-16-18-10(2)19-20-16/h4-5,8H,6-7H2,1-3H3,(H,17,21)(H,18,19,20). The molecule has 2 heterocycles. The van der Waals surface area contributed by atoms with Crippen LogP contribution in [-0.4, -0.2) is 40.5 Å². The summed E-state index contributed by atoms with van der Waals surface area (Å²) in [6.45, 7) is 4.22. The van der Waals surface area contributed by atoms with Crippen LogP contribution in [0.4, 0.5) is 0 Å². The first kappa shape index (κ1) is 16.4. The third kappa shape index (κ3) is 3.38. The lowest BCUT2D eigenvalue weighted by molar-refractivity contribution is 0.0930. The second-order valence-corrected chi connectivity index (χ2v) is 6.29. The van der Waals surface area contributed by atoms with Crippen molar-refractivity contribution < 1.29 is 13.9 Å². The molecular weight excluding hydrogens is 328 g/mol. The predicted octanol–water partition coefficient (Wildman–Crippen LogP) is 2.70. The first-order valence-electron chi connectivity index (χ1n) is 7.45. The minimum Gasteiger partial charge on any atom is -0.497 e. The smallest absolute Gasteiger partial charge is 0.287 e.